The van der Waals surface area contributed by atoms with Crippen molar-refractivity contribution in [1.29, 1.82) is 0 Å². The van der Waals surface area contributed by atoms with Gasteiger partial charge >= 0.3 is 0 Å². The quantitative estimate of drug-likeness (QED) is 0.738. The Bertz CT molecular complexity index is 276. The number of aliphatic hydroxyl groups is 1. The molecule has 1 aliphatic carbocycles. The third-order valence-corrected chi connectivity index (χ3v) is 4.61. The lowest BCUT2D eigenvalue weighted by atomic mass is 9.80. The molecule has 0 aromatic rings. The molecule has 5 heteroatoms. The molecule has 0 aromatic carbocycles. The van der Waals surface area contributed by atoms with Crippen molar-refractivity contribution in [2.24, 2.45) is 11.8 Å². The maximum Gasteiger partial charge on any atom is 0.211 e. The van der Waals surface area contributed by atoms with E-state index in [2.05, 4.69) is 4.72 Å². The molecule has 2 N–H and O–H groups in total. The van der Waals surface area contributed by atoms with Crippen molar-refractivity contribution >= 4 is 10.0 Å². The summed E-state index contributed by atoms with van der Waals surface area (Å²) in [5, 5.41) is 9.17. The van der Waals surface area contributed by atoms with E-state index in [9.17, 15) is 13.5 Å². The summed E-state index contributed by atoms with van der Waals surface area (Å²) in [7, 11) is -3.08. The van der Waals surface area contributed by atoms with E-state index >= 15 is 0 Å². The summed E-state index contributed by atoms with van der Waals surface area (Å²) in [6, 6.07) is 0. The average Bonchev–Trinajstić information content (AvgIpc) is 2.27. The molecule has 4 nitrogen and oxygen atoms in total. The fourth-order valence-electron chi connectivity index (χ4n) is 2.13. The van der Waals surface area contributed by atoms with Gasteiger partial charge in [-0.2, -0.15) is 0 Å². The first kappa shape index (κ1) is 12.9. The first-order valence-corrected chi connectivity index (χ1v) is 7.32. The van der Waals surface area contributed by atoms with Crippen molar-refractivity contribution in [2.75, 3.05) is 18.9 Å². The van der Waals surface area contributed by atoms with Crippen LogP contribution < -0.4 is 4.72 Å². The van der Waals surface area contributed by atoms with Gasteiger partial charge in [0.1, 0.15) is 0 Å². The fraction of sp³-hybridized carbons (Fsp3) is 1.00. The van der Waals surface area contributed by atoms with E-state index in [4.69, 9.17) is 0 Å². The second-order valence-corrected chi connectivity index (χ2v) is 6.33. The molecule has 90 valence electrons. The molecule has 1 saturated carbocycles. The number of hydrogen-bond donors (Lipinski definition) is 2. The highest BCUT2D eigenvalue weighted by molar-refractivity contribution is 7.89. The molecule has 1 aliphatic rings. The van der Waals surface area contributed by atoms with Crippen LogP contribution in [0.5, 0.6) is 0 Å². The number of hydrogen-bond acceptors (Lipinski definition) is 3. The van der Waals surface area contributed by atoms with Crippen LogP contribution in [0, 0.1) is 11.8 Å². The van der Waals surface area contributed by atoms with Gasteiger partial charge in [0.2, 0.25) is 10.0 Å². The van der Waals surface area contributed by atoms with Gasteiger partial charge in [0, 0.05) is 13.2 Å². The van der Waals surface area contributed by atoms with Crippen molar-refractivity contribution in [1.82, 2.24) is 4.72 Å². The second-order valence-electron chi connectivity index (χ2n) is 4.24. The monoisotopic (exact) mass is 235 g/mol. The molecule has 2 atom stereocenters. The molecule has 0 aromatic heterocycles. The molecule has 0 radical (unpaired) electrons. The molecule has 0 bridgehead atoms. The largest absolute Gasteiger partial charge is 0.396 e. The Balaban J connectivity index is 2.42. The van der Waals surface area contributed by atoms with Gasteiger partial charge in [-0.15, -0.1) is 0 Å². The molecule has 1 rings (SSSR count). The molecule has 0 saturated heterocycles. The van der Waals surface area contributed by atoms with Gasteiger partial charge in [0.05, 0.1) is 5.75 Å². The van der Waals surface area contributed by atoms with E-state index in [0.717, 1.165) is 25.7 Å². The lowest BCUT2D eigenvalue weighted by Gasteiger charge is -2.30. The third-order valence-electron chi connectivity index (χ3n) is 3.25. The Hall–Kier alpha value is -0.130. The minimum atomic E-state index is -3.08. The zero-order valence-corrected chi connectivity index (χ0v) is 10.1. The lowest BCUT2D eigenvalue weighted by Crippen LogP contribution is -2.36. The van der Waals surface area contributed by atoms with Crippen LogP contribution in [0.3, 0.4) is 0 Å². The Morgan fingerprint density at radius 1 is 1.27 bits per heavy atom. The molecule has 15 heavy (non-hydrogen) atoms. The molecule has 1 fully saturated rings. The normalized spacial score (nSPS) is 27.9. The van der Waals surface area contributed by atoms with Crippen LogP contribution in [0.15, 0.2) is 0 Å². The number of sulfonamides is 1. The van der Waals surface area contributed by atoms with Gasteiger partial charge in [-0.1, -0.05) is 12.8 Å². The first-order valence-electron chi connectivity index (χ1n) is 5.67. The highest BCUT2D eigenvalue weighted by atomic mass is 32.2. The Morgan fingerprint density at radius 2 is 1.87 bits per heavy atom. The van der Waals surface area contributed by atoms with E-state index in [1.807, 2.05) is 0 Å². The van der Waals surface area contributed by atoms with Gasteiger partial charge in [0.25, 0.3) is 0 Å². The summed E-state index contributed by atoms with van der Waals surface area (Å²) in [5.74, 6) is 0.715. The van der Waals surface area contributed by atoms with E-state index < -0.39 is 10.0 Å². The predicted molar refractivity (Wildman–Crippen MR) is 60.0 cm³/mol. The van der Waals surface area contributed by atoms with Crippen LogP contribution in [-0.2, 0) is 10.0 Å². The van der Waals surface area contributed by atoms with Crippen LogP contribution >= 0.6 is 0 Å². The zero-order valence-electron chi connectivity index (χ0n) is 9.28. The highest BCUT2D eigenvalue weighted by Gasteiger charge is 2.25. The zero-order chi connectivity index (χ0) is 11.3. The van der Waals surface area contributed by atoms with Crippen LogP contribution in [0.2, 0.25) is 0 Å². The van der Waals surface area contributed by atoms with Crippen LogP contribution in [0.4, 0.5) is 0 Å². The Labute approximate surface area is 92.1 Å². The van der Waals surface area contributed by atoms with Gasteiger partial charge < -0.3 is 5.11 Å². The SMILES string of the molecule is CCS(=O)(=O)NCC1CCCCC1CO. The van der Waals surface area contributed by atoms with Crippen molar-refractivity contribution in [3.63, 3.8) is 0 Å². The molecule has 0 aliphatic heterocycles. The summed E-state index contributed by atoms with van der Waals surface area (Å²) in [6.07, 6.45) is 4.35. The molecule has 2 unspecified atom stereocenters. The van der Waals surface area contributed by atoms with E-state index in [0.29, 0.717) is 12.5 Å². The van der Waals surface area contributed by atoms with Crippen LogP contribution in [0.1, 0.15) is 32.6 Å². The maximum absolute atomic E-state index is 11.3. The minimum Gasteiger partial charge on any atom is -0.396 e. The molecular weight excluding hydrogens is 214 g/mol. The topological polar surface area (TPSA) is 66.4 Å². The van der Waals surface area contributed by atoms with Crippen LogP contribution in [0.25, 0.3) is 0 Å². The standard InChI is InChI=1S/C10H21NO3S/c1-2-15(13,14)11-7-9-5-3-4-6-10(9)8-12/h9-12H,2-8H2,1H3. The van der Waals surface area contributed by atoms with Gasteiger partial charge in [0.15, 0.2) is 0 Å². The molecule has 0 amide bonds. The summed E-state index contributed by atoms with van der Waals surface area (Å²) < 4.78 is 25.1. The number of aliphatic hydroxyl groups excluding tert-OH is 1. The summed E-state index contributed by atoms with van der Waals surface area (Å²) in [6.45, 7) is 2.30. The number of rotatable bonds is 5. The lowest BCUT2D eigenvalue weighted by molar-refractivity contribution is 0.136. The Morgan fingerprint density at radius 3 is 2.40 bits per heavy atom. The summed E-state index contributed by atoms with van der Waals surface area (Å²) >= 11 is 0. The third kappa shape index (κ3) is 4.09. The highest BCUT2D eigenvalue weighted by Crippen LogP contribution is 2.29. The van der Waals surface area contributed by atoms with Crippen LogP contribution in [-0.4, -0.2) is 32.4 Å². The van der Waals surface area contributed by atoms with Crippen molar-refractivity contribution in [3.8, 4) is 0 Å². The fourth-order valence-corrected chi connectivity index (χ4v) is 2.80. The van der Waals surface area contributed by atoms with Crippen molar-refractivity contribution in [3.05, 3.63) is 0 Å². The van der Waals surface area contributed by atoms with Crippen molar-refractivity contribution in [2.45, 2.75) is 32.6 Å². The predicted octanol–water partition coefficient (Wildman–Crippen LogP) is 0.724. The summed E-state index contributed by atoms with van der Waals surface area (Å²) in [4.78, 5) is 0. The maximum atomic E-state index is 11.3. The second kappa shape index (κ2) is 5.82. The Kier molecular flexibility index (Phi) is 5.02. The van der Waals surface area contributed by atoms with E-state index in [1.165, 1.54) is 0 Å². The van der Waals surface area contributed by atoms with Gasteiger partial charge in [-0.05, 0) is 31.6 Å². The van der Waals surface area contributed by atoms with E-state index in [1.54, 1.807) is 6.92 Å². The minimum absolute atomic E-state index is 0.128. The summed E-state index contributed by atoms with van der Waals surface area (Å²) in [5.41, 5.74) is 0. The average molecular weight is 235 g/mol. The van der Waals surface area contributed by atoms with Crippen molar-refractivity contribution < 1.29 is 13.5 Å². The van der Waals surface area contributed by atoms with Gasteiger partial charge in [-0.25, -0.2) is 13.1 Å². The van der Waals surface area contributed by atoms with E-state index in [-0.39, 0.29) is 18.3 Å². The first-order chi connectivity index (χ1) is 7.09. The number of nitrogens with one attached hydrogen (secondary N) is 1. The molecule has 0 spiro atoms. The molecule has 0 heterocycles. The molecular formula is C10H21NO3S. The van der Waals surface area contributed by atoms with Gasteiger partial charge in [-0.3, -0.25) is 0 Å². The smallest absolute Gasteiger partial charge is 0.211 e.